The molecule has 0 aliphatic carbocycles. The van der Waals surface area contributed by atoms with E-state index in [0.717, 1.165) is 10.7 Å². The molecule has 30 heavy (non-hydrogen) atoms. The van der Waals surface area contributed by atoms with Crippen LogP contribution in [-0.2, 0) is 12.4 Å². The standard InChI is InChI=1S/C19H18F6N4O/c1-10(2)14(9-30)27-16-3-4-17-26-8-15(29(17)28-16)11-5-12(18(20,21)22)7-13(6-11)19(23,24)25/h3-8,10,14,30H,9H2,1-2H3,(H,27,28)/t14-/m1/s1. The highest BCUT2D eigenvalue weighted by Crippen LogP contribution is 2.38. The Kier molecular flexibility index (Phi) is 5.68. The van der Waals surface area contributed by atoms with Crippen LogP contribution < -0.4 is 5.32 Å². The number of rotatable bonds is 5. The van der Waals surface area contributed by atoms with E-state index in [1.54, 1.807) is 6.07 Å². The van der Waals surface area contributed by atoms with Gasteiger partial charge < -0.3 is 10.4 Å². The zero-order valence-corrected chi connectivity index (χ0v) is 15.9. The first-order chi connectivity index (χ1) is 13.9. The van der Waals surface area contributed by atoms with Crippen LogP contribution in [0, 0.1) is 5.92 Å². The highest BCUT2D eigenvalue weighted by Gasteiger charge is 2.37. The number of halogens is 6. The second-order valence-corrected chi connectivity index (χ2v) is 7.10. The van der Waals surface area contributed by atoms with E-state index >= 15 is 0 Å². The molecule has 1 atom stereocenters. The average Bonchev–Trinajstić information content (AvgIpc) is 3.07. The van der Waals surface area contributed by atoms with Crippen molar-refractivity contribution in [2.24, 2.45) is 5.92 Å². The minimum absolute atomic E-state index is 0.0321. The first kappa shape index (κ1) is 21.9. The van der Waals surface area contributed by atoms with Gasteiger partial charge in [-0.05, 0) is 36.2 Å². The van der Waals surface area contributed by atoms with Gasteiger partial charge in [0.2, 0.25) is 0 Å². The van der Waals surface area contributed by atoms with E-state index in [-0.39, 0.29) is 47.4 Å². The number of aromatic nitrogens is 3. The number of hydrogen-bond acceptors (Lipinski definition) is 4. The maximum atomic E-state index is 13.2. The summed E-state index contributed by atoms with van der Waals surface area (Å²) in [5.74, 6) is 0.338. The third-order valence-corrected chi connectivity index (χ3v) is 4.58. The zero-order valence-electron chi connectivity index (χ0n) is 15.9. The summed E-state index contributed by atoms with van der Waals surface area (Å²) in [5, 5.41) is 16.7. The van der Waals surface area contributed by atoms with Gasteiger partial charge in [-0.15, -0.1) is 5.10 Å². The number of benzene rings is 1. The largest absolute Gasteiger partial charge is 0.416 e. The van der Waals surface area contributed by atoms with Crippen LogP contribution in [0.4, 0.5) is 32.2 Å². The normalized spacial score (nSPS) is 13.8. The third-order valence-electron chi connectivity index (χ3n) is 4.58. The van der Waals surface area contributed by atoms with Gasteiger partial charge in [-0.25, -0.2) is 9.50 Å². The molecule has 3 aromatic rings. The van der Waals surface area contributed by atoms with Crippen molar-refractivity contribution in [2.75, 3.05) is 11.9 Å². The van der Waals surface area contributed by atoms with Gasteiger partial charge in [0.05, 0.1) is 35.7 Å². The lowest BCUT2D eigenvalue weighted by molar-refractivity contribution is -0.143. The Morgan fingerprint density at radius 3 is 2.10 bits per heavy atom. The number of nitrogens with one attached hydrogen (secondary N) is 1. The van der Waals surface area contributed by atoms with Crippen molar-refractivity contribution in [3.05, 3.63) is 47.7 Å². The summed E-state index contributed by atoms with van der Waals surface area (Å²) in [5.41, 5.74) is -2.95. The molecule has 0 bridgehead atoms. The number of alkyl halides is 6. The van der Waals surface area contributed by atoms with Crippen molar-refractivity contribution < 1.29 is 31.4 Å². The van der Waals surface area contributed by atoms with Gasteiger partial charge in [-0.1, -0.05) is 13.8 Å². The molecule has 5 nitrogen and oxygen atoms in total. The molecule has 0 aliphatic heterocycles. The van der Waals surface area contributed by atoms with Gasteiger partial charge in [0.1, 0.15) is 5.82 Å². The molecule has 162 valence electrons. The Labute approximate surface area is 167 Å². The van der Waals surface area contributed by atoms with Crippen molar-refractivity contribution in [3.8, 4) is 11.3 Å². The Bertz CT molecular complexity index is 1010. The predicted octanol–water partition coefficient (Wildman–Crippen LogP) is 4.86. The molecular formula is C19H18F6N4O. The monoisotopic (exact) mass is 432 g/mol. The number of fused-ring (bicyclic) bond motifs is 1. The van der Waals surface area contributed by atoms with E-state index in [1.165, 1.54) is 6.07 Å². The van der Waals surface area contributed by atoms with Crippen LogP contribution in [0.5, 0.6) is 0 Å². The van der Waals surface area contributed by atoms with Crippen LogP contribution in [0.25, 0.3) is 16.9 Å². The summed E-state index contributed by atoms with van der Waals surface area (Å²) >= 11 is 0. The van der Waals surface area contributed by atoms with Crippen molar-refractivity contribution in [3.63, 3.8) is 0 Å². The first-order valence-corrected chi connectivity index (χ1v) is 8.92. The molecule has 0 fully saturated rings. The molecule has 0 aliphatic rings. The SMILES string of the molecule is CC(C)[C@@H](CO)Nc1ccc2ncc(-c3cc(C(F)(F)F)cc(C(F)(F)F)c3)n2n1. The van der Waals surface area contributed by atoms with Crippen molar-refractivity contribution in [2.45, 2.75) is 32.2 Å². The van der Waals surface area contributed by atoms with Crippen molar-refractivity contribution >= 4 is 11.5 Å². The minimum atomic E-state index is -4.96. The second kappa shape index (κ2) is 7.78. The minimum Gasteiger partial charge on any atom is -0.394 e. The number of nitrogens with zero attached hydrogens (tertiary/aromatic N) is 3. The highest BCUT2D eigenvalue weighted by atomic mass is 19.4. The molecule has 2 aromatic heterocycles. The lowest BCUT2D eigenvalue weighted by Gasteiger charge is -2.20. The van der Waals surface area contributed by atoms with Gasteiger partial charge >= 0.3 is 12.4 Å². The van der Waals surface area contributed by atoms with Crippen LogP contribution >= 0.6 is 0 Å². The predicted molar refractivity (Wildman–Crippen MR) is 97.8 cm³/mol. The quantitative estimate of drug-likeness (QED) is 0.565. The van der Waals surface area contributed by atoms with E-state index in [0.29, 0.717) is 12.1 Å². The fourth-order valence-corrected chi connectivity index (χ4v) is 2.86. The molecule has 11 heteroatoms. The summed E-state index contributed by atoms with van der Waals surface area (Å²) in [4.78, 5) is 4.02. The average molecular weight is 432 g/mol. The molecule has 0 spiro atoms. The lowest BCUT2D eigenvalue weighted by atomic mass is 10.0. The molecule has 0 radical (unpaired) electrons. The summed E-state index contributed by atoms with van der Waals surface area (Å²) in [6.07, 6.45) is -8.75. The molecule has 0 saturated carbocycles. The summed E-state index contributed by atoms with van der Waals surface area (Å²) in [7, 11) is 0. The Hall–Kier alpha value is -2.82. The van der Waals surface area contributed by atoms with Crippen LogP contribution in [0.1, 0.15) is 25.0 Å². The molecule has 2 N–H and O–H groups in total. The van der Waals surface area contributed by atoms with Crippen LogP contribution in [0.15, 0.2) is 36.5 Å². The molecular weight excluding hydrogens is 414 g/mol. The van der Waals surface area contributed by atoms with E-state index in [9.17, 15) is 31.4 Å². The van der Waals surface area contributed by atoms with Gasteiger partial charge in [0, 0.05) is 5.56 Å². The summed E-state index contributed by atoms with van der Waals surface area (Å²) < 4.78 is 80.2. The maximum Gasteiger partial charge on any atom is 0.416 e. The van der Waals surface area contributed by atoms with E-state index < -0.39 is 23.5 Å². The molecule has 0 amide bonds. The maximum absolute atomic E-state index is 13.2. The molecule has 0 saturated heterocycles. The topological polar surface area (TPSA) is 62.5 Å². The van der Waals surface area contributed by atoms with Crippen LogP contribution in [0.3, 0.4) is 0 Å². The third kappa shape index (κ3) is 4.50. The lowest BCUT2D eigenvalue weighted by Crippen LogP contribution is -2.30. The summed E-state index contributed by atoms with van der Waals surface area (Å²) in [6.45, 7) is 3.56. The fraction of sp³-hybridized carbons (Fsp3) is 0.368. The van der Waals surface area contributed by atoms with Crippen molar-refractivity contribution in [1.82, 2.24) is 14.6 Å². The zero-order chi connectivity index (χ0) is 22.3. The van der Waals surface area contributed by atoms with E-state index in [4.69, 9.17) is 0 Å². The fourth-order valence-electron chi connectivity index (χ4n) is 2.86. The highest BCUT2D eigenvalue weighted by molar-refractivity contribution is 5.66. The van der Waals surface area contributed by atoms with Gasteiger partial charge in [-0.2, -0.15) is 26.3 Å². The molecule has 1 aromatic carbocycles. The molecule has 2 heterocycles. The Balaban J connectivity index is 2.13. The summed E-state index contributed by atoms with van der Waals surface area (Å²) in [6, 6.07) is 4.07. The smallest absolute Gasteiger partial charge is 0.394 e. The van der Waals surface area contributed by atoms with E-state index in [1.807, 2.05) is 13.8 Å². The Morgan fingerprint density at radius 1 is 1.00 bits per heavy atom. The number of aliphatic hydroxyl groups excluding tert-OH is 1. The van der Waals surface area contributed by atoms with Crippen LogP contribution in [0.2, 0.25) is 0 Å². The number of anilines is 1. The number of imidazole rings is 1. The number of hydrogen-bond donors (Lipinski definition) is 2. The molecule has 0 unspecified atom stereocenters. The van der Waals surface area contributed by atoms with Gasteiger partial charge in [0.15, 0.2) is 5.65 Å². The Morgan fingerprint density at radius 2 is 1.60 bits per heavy atom. The second-order valence-electron chi connectivity index (χ2n) is 7.10. The van der Waals surface area contributed by atoms with Gasteiger partial charge in [0.25, 0.3) is 0 Å². The molecule has 3 rings (SSSR count). The first-order valence-electron chi connectivity index (χ1n) is 8.92. The van der Waals surface area contributed by atoms with E-state index in [2.05, 4.69) is 15.4 Å². The number of aliphatic hydroxyl groups is 1. The van der Waals surface area contributed by atoms with Crippen LogP contribution in [-0.4, -0.2) is 32.4 Å². The van der Waals surface area contributed by atoms with Crippen molar-refractivity contribution in [1.29, 1.82) is 0 Å². The van der Waals surface area contributed by atoms with Gasteiger partial charge in [-0.3, -0.25) is 0 Å².